The van der Waals surface area contributed by atoms with Gasteiger partial charge in [-0.2, -0.15) is 0 Å². The average molecular weight is 526 g/mol. The van der Waals surface area contributed by atoms with Gasteiger partial charge in [-0.15, -0.1) is 0 Å². The zero-order valence-corrected chi connectivity index (χ0v) is 22.0. The molecule has 0 saturated carbocycles. The Kier molecular flexibility index (Phi) is 5.38. The lowest BCUT2D eigenvalue weighted by Gasteiger charge is -2.10. The van der Waals surface area contributed by atoms with E-state index in [1.165, 1.54) is 0 Å². The zero-order valence-electron chi connectivity index (χ0n) is 22.0. The molecule has 5 nitrogen and oxygen atoms in total. The number of para-hydroxylation sites is 1. The van der Waals surface area contributed by atoms with Crippen LogP contribution in [0.1, 0.15) is 0 Å². The number of pyridine rings is 2. The molecule has 4 aromatic heterocycles. The molecule has 0 aliphatic heterocycles. The minimum Gasteiger partial charge on any atom is -0.298 e. The molecule has 8 rings (SSSR count). The molecule has 4 aromatic carbocycles. The molecule has 0 spiro atoms. The zero-order chi connectivity index (χ0) is 27.2. The van der Waals surface area contributed by atoms with Crippen molar-refractivity contribution in [2.75, 3.05) is 0 Å². The molecule has 0 unspecified atom stereocenters. The van der Waals surface area contributed by atoms with Gasteiger partial charge in [-0.3, -0.25) is 4.40 Å². The third-order valence-electron chi connectivity index (χ3n) is 7.47. The van der Waals surface area contributed by atoms with E-state index in [0.717, 1.165) is 66.8 Å². The van der Waals surface area contributed by atoms with Gasteiger partial charge in [-0.05, 0) is 47.0 Å². The Morgan fingerprint density at radius 2 is 1.20 bits per heavy atom. The number of hydrogen-bond acceptors (Lipinski definition) is 4. The maximum absolute atomic E-state index is 5.05. The quantitative estimate of drug-likeness (QED) is 0.231. The van der Waals surface area contributed by atoms with E-state index < -0.39 is 0 Å². The van der Waals surface area contributed by atoms with Gasteiger partial charge in [0.15, 0.2) is 11.5 Å². The number of imidazole rings is 1. The first-order valence-corrected chi connectivity index (χ1v) is 13.6. The van der Waals surface area contributed by atoms with E-state index in [2.05, 4.69) is 88.4 Å². The maximum atomic E-state index is 5.05. The normalized spacial score (nSPS) is 11.4. The minimum absolute atomic E-state index is 0.703. The summed E-state index contributed by atoms with van der Waals surface area (Å²) >= 11 is 0. The number of fused-ring (bicyclic) bond motifs is 4. The summed E-state index contributed by atoms with van der Waals surface area (Å²) in [7, 11) is 0. The van der Waals surface area contributed by atoms with Crippen LogP contribution in [0, 0.1) is 0 Å². The highest BCUT2D eigenvalue weighted by molar-refractivity contribution is 5.93. The summed E-state index contributed by atoms with van der Waals surface area (Å²) in [5, 5.41) is 1.04. The Hall–Kier alpha value is -5.68. The van der Waals surface area contributed by atoms with Crippen molar-refractivity contribution in [2.45, 2.75) is 0 Å². The van der Waals surface area contributed by atoms with Gasteiger partial charge in [-0.1, -0.05) is 97.1 Å². The van der Waals surface area contributed by atoms with Crippen LogP contribution in [0.3, 0.4) is 0 Å². The molecule has 0 aliphatic carbocycles. The summed E-state index contributed by atoms with van der Waals surface area (Å²) in [6.07, 6.45) is 3.96. The van der Waals surface area contributed by atoms with Crippen molar-refractivity contribution in [1.82, 2.24) is 24.3 Å². The second-order valence-corrected chi connectivity index (χ2v) is 10.0. The summed E-state index contributed by atoms with van der Waals surface area (Å²) in [5.41, 5.74) is 10.8. The molecule has 0 N–H and O–H groups in total. The second-order valence-electron chi connectivity index (χ2n) is 10.0. The van der Waals surface area contributed by atoms with E-state index in [4.69, 9.17) is 15.0 Å². The van der Waals surface area contributed by atoms with Crippen molar-refractivity contribution >= 4 is 27.7 Å². The average Bonchev–Trinajstić information content (AvgIpc) is 3.42. The standard InChI is InChI=1S/C36H23N5/c1-3-10-24(11-4-1)29-21-32-36(37-23-29)39-33-22-27(18-19-41(32)33)26-14-9-15-28(20-26)35-38-31-17-8-7-16-30(31)34(40-35)25-12-5-2-6-13-25/h1-23H. The summed E-state index contributed by atoms with van der Waals surface area (Å²) < 4.78 is 2.10. The first kappa shape index (κ1) is 23.2. The molecular weight excluding hydrogens is 502 g/mol. The summed E-state index contributed by atoms with van der Waals surface area (Å²) in [4.78, 5) is 19.5. The Morgan fingerprint density at radius 3 is 2.05 bits per heavy atom. The minimum atomic E-state index is 0.703. The molecule has 0 atom stereocenters. The Balaban J connectivity index is 1.21. The summed E-state index contributed by atoms with van der Waals surface area (Å²) in [6.45, 7) is 0. The Labute approximate surface area is 236 Å². The van der Waals surface area contributed by atoms with E-state index >= 15 is 0 Å². The van der Waals surface area contributed by atoms with Crippen LogP contribution in [0.15, 0.2) is 140 Å². The van der Waals surface area contributed by atoms with E-state index in [9.17, 15) is 0 Å². The third-order valence-corrected chi connectivity index (χ3v) is 7.47. The molecular formula is C36H23N5. The first-order valence-electron chi connectivity index (χ1n) is 13.6. The number of aromatic nitrogens is 5. The van der Waals surface area contributed by atoms with Gasteiger partial charge in [0.1, 0.15) is 5.65 Å². The molecule has 0 bridgehead atoms. The summed E-state index contributed by atoms with van der Waals surface area (Å²) in [6, 6.07) is 43.6. The third kappa shape index (κ3) is 4.12. The van der Waals surface area contributed by atoms with Crippen LogP contribution in [0.5, 0.6) is 0 Å². The molecule has 0 radical (unpaired) electrons. The molecule has 8 aromatic rings. The van der Waals surface area contributed by atoms with E-state index in [-0.39, 0.29) is 0 Å². The van der Waals surface area contributed by atoms with Gasteiger partial charge in [-0.25, -0.2) is 19.9 Å². The highest BCUT2D eigenvalue weighted by Crippen LogP contribution is 2.31. The lowest BCUT2D eigenvalue weighted by Crippen LogP contribution is -1.95. The predicted octanol–water partition coefficient (Wildman–Crippen LogP) is 8.49. The molecule has 0 aliphatic rings. The topological polar surface area (TPSA) is 56.0 Å². The Bertz CT molecular complexity index is 2200. The molecule has 0 amide bonds. The van der Waals surface area contributed by atoms with Gasteiger partial charge in [0, 0.05) is 34.5 Å². The molecule has 0 saturated heterocycles. The number of rotatable bonds is 4. The Morgan fingerprint density at radius 1 is 0.488 bits per heavy atom. The van der Waals surface area contributed by atoms with Crippen LogP contribution in [-0.4, -0.2) is 24.3 Å². The van der Waals surface area contributed by atoms with Crippen LogP contribution in [0.2, 0.25) is 0 Å². The molecule has 0 fully saturated rings. The van der Waals surface area contributed by atoms with Crippen LogP contribution in [-0.2, 0) is 0 Å². The first-order chi connectivity index (χ1) is 20.3. The molecule has 41 heavy (non-hydrogen) atoms. The monoisotopic (exact) mass is 525 g/mol. The number of benzene rings is 4. The fourth-order valence-electron chi connectivity index (χ4n) is 5.42. The lowest BCUT2D eigenvalue weighted by atomic mass is 10.0. The van der Waals surface area contributed by atoms with Gasteiger partial charge in [0.2, 0.25) is 0 Å². The van der Waals surface area contributed by atoms with Crippen LogP contribution in [0.4, 0.5) is 0 Å². The van der Waals surface area contributed by atoms with Crippen LogP contribution in [0.25, 0.3) is 72.6 Å². The second kappa shape index (κ2) is 9.50. The highest BCUT2D eigenvalue weighted by Gasteiger charge is 2.13. The van der Waals surface area contributed by atoms with Crippen molar-refractivity contribution in [1.29, 1.82) is 0 Å². The SMILES string of the molecule is c1ccc(-c2cnc3nc4cc(-c5cccc(-c6nc(-c7ccccc7)c7ccccc7n6)c5)ccn4c3c2)cc1. The lowest BCUT2D eigenvalue weighted by molar-refractivity contribution is 1.22. The van der Waals surface area contributed by atoms with Crippen molar-refractivity contribution in [3.63, 3.8) is 0 Å². The van der Waals surface area contributed by atoms with Crippen molar-refractivity contribution in [2.24, 2.45) is 0 Å². The number of nitrogens with zero attached hydrogens (tertiary/aromatic N) is 5. The van der Waals surface area contributed by atoms with Gasteiger partial charge in [0.05, 0.1) is 16.7 Å². The van der Waals surface area contributed by atoms with Gasteiger partial charge < -0.3 is 0 Å². The predicted molar refractivity (Wildman–Crippen MR) is 165 cm³/mol. The van der Waals surface area contributed by atoms with Crippen molar-refractivity contribution < 1.29 is 0 Å². The van der Waals surface area contributed by atoms with Crippen molar-refractivity contribution in [3.8, 4) is 44.9 Å². The highest BCUT2D eigenvalue weighted by atomic mass is 15.0. The van der Waals surface area contributed by atoms with E-state index in [0.29, 0.717) is 5.82 Å². The van der Waals surface area contributed by atoms with Crippen LogP contribution < -0.4 is 0 Å². The van der Waals surface area contributed by atoms with Gasteiger partial charge >= 0.3 is 0 Å². The largest absolute Gasteiger partial charge is 0.298 e. The maximum Gasteiger partial charge on any atom is 0.178 e. The van der Waals surface area contributed by atoms with Crippen LogP contribution >= 0.6 is 0 Å². The number of hydrogen-bond donors (Lipinski definition) is 0. The van der Waals surface area contributed by atoms with E-state index in [1.54, 1.807) is 0 Å². The fourth-order valence-corrected chi connectivity index (χ4v) is 5.42. The fraction of sp³-hybridized carbons (Fsp3) is 0. The molecule has 192 valence electrons. The summed E-state index contributed by atoms with van der Waals surface area (Å²) in [5.74, 6) is 0.703. The molecule has 4 heterocycles. The smallest absolute Gasteiger partial charge is 0.178 e. The van der Waals surface area contributed by atoms with Crippen molar-refractivity contribution in [3.05, 3.63) is 140 Å². The molecule has 5 heteroatoms. The van der Waals surface area contributed by atoms with E-state index in [1.807, 2.05) is 60.8 Å². The van der Waals surface area contributed by atoms with Gasteiger partial charge in [0.25, 0.3) is 0 Å².